The Kier molecular flexibility index (Phi) is 6.81. The molecule has 0 aliphatic rings. The van der Waals surface area contributed by atoms with Gasteiger partial charge >= 0.3 is 5.97 Å². The summed E-state index contributed by atoms with van der Waals surface area (Å²) in [5.74, 6) is -0.117. The van der Waals surface area contributed by atoms with E-state index in [1.54, 1.807) is 0 Å². The number of nitrogens with one attached hydrogen (secondary N) is 1. The monoisotopic (exact) mass is 437 g/mol. The highest BCUT2D eigenvalue weighted by molar-refractivity contribution is 7.17. The number of esters is 1. The number of anilines is 1. The summed E-state index contributed by atoms with van der Waals surface area (Å²) in [6.45, 7) is 9.74. The van der Waals surface area contributed by atoms with Crippen LogP contribution in [0.15, 0.2) is 36.4 Å². The average molecular weight is 438 g/mol. The maximum Gasteiger partial charge on any atom is 0.341 e. The van der Waals surface area contributed by atoms with Crippen molar-refractivity contribution in [1.29, 1.82) is 0 Å². The third-order valence-corrected chi connectivity index (χ3v) is 6.30. The minimum atomic E-state index is -0.483. The molecule has 3 rings (SSSR count). The number of hydrogen-bond donors (Lipinski definition) is 1. The highest BCUT2D eigenvalue weighted by atomic mass is 32.1. The summed E-state index contributed by atoms with van der Waals surface area (Å²) in [6.07, 6.45) is 0. The lowest BCUT2D eigenvalue weighted by atomic mass is 9.97. The Balaban J connectivity index is 1.89. The Morgan fingerprint density at radius 2 is 1.61 bits per heavy atom. The molecule has 1 aromatic heterocycles. The lowest BCUT2D eigenvalue weighted by Gasteiger charge is -2.12. The molecule has 1 amide bonds. The second-order valence-corrected chi connectivity index (χ2v) is 8.81. The highest BCUT2D eigenvalue weighted by Crippen LogP contribution is 2.40. The van der Waals surface area contributed by atoms with Crippen LogP contribution in [-0.2, 0) is 9.53 Å². The van der Waals surface area contributed by atoms with Gasteiger partial charge in [-0.3, -0.25) is 4.79 Å². The first-order chi connectivity index (χ1) is 14.7. The van der Waals surface area contributed by atoms with Crippen LogP contribution in [0.2, 0.25) is 0 Å². The van der Waals surface area contributed by atoms with Crippen molar-refractivity contribution in [1.82, 2.24) is 0 Å². The lowest BCUT2D eigenvalue weighted by Crippen LogP contribution is -2.21. The fraction of sp³-hybridized carbons (Fsp3) is 0.280. The van der Waals surface area contributed by atoms with E-state index >= 15 is 0 Å². The number of hydrogen-bond acceptors (Lipinski definition) is 5. The van der Waals surface area contributed by atoms with Crippen molar-refractivity contribution in [3.05, 3.63) is 69.1 Å². The molecule has 5 nitrogen and oxygen atoms in total. The molecular formula is C25H27NO4S. The molecule has 0 saturated heterocycles. The number of para-hydroxylation sites is 1. The molecule has 0 bridgehead atoms. The Morgan fingerprint density at radius 3 is 2.23 bits per heavy atom. The molecule has 3 aromatic rings. The van der Waals surface area contributed by atoms with E-state index in [0.29, 0.717) is 16.3 Å². The van der Waals surface area contributed by atoms with E-state index in [4.69, 9.17) is 9.47 Å². The van der Waals surface area contributed by atoms with Crippen LogP contribution >= 0.6 is 11.3 Å². The number of thiophene rings is 1. The van der Waals surface area contributed by atoms with Gasteiger partial charge in [-0.1, -0.05) is 36.4 Å². The zero-order valence-corrected chi connectivity index (χ0v) is 19.5. The smallest absolute Gasteiger partial charge is 0.341 e. The first-order valence-corrected chi connectivity index (χ1v) is 10.8. The Labute approximate surface area is 187 Å². The van der Waals surface area contributed by atoms with Gasteiger partial charge in [0.25, 0.3) is 5.91 Å². The second kappa shape index (κ2) is 9.35. The van der Waals surface area contributed by atoms with Crippen LogP contribution in [0.4, 0.5) is 5.00 Å². The van der Waals surface area contributed by atoms with Crippen LogP contribution in [0.5, 0.6) is 5.75 Å². The number of amides is 1. The second-order valence-electron chi connectivity index (χ2n) is 7.59. The molecule has 162 valence electrons. The number of rotatable bonds is 6. The van der Waals surface area contributed by atoms with Crippen LogP contribution in [0.25, 0.3) is 11.1 Å². The molecule has 0 aliphatic heterocycles. The fourth-order valence-electron chi connectivity index (χ4n) is 3.50. The number of methoxy groups -OCH3 is 1. The van der Waals surface area contributed by atoms with Crippen molar-refractivity contribution >= 4 is 28.2 Å². The Hall–Kier alpha value is -3.12. The molecule has 0 atom stereocenters. The predicted molar refractivity (Wildman–Crippen MR) is 125 cm³/mol. The normalized spacial score (nSPS) is 10.6. The van der Waals surface area contributed by atoms with Crippen LogP contribution < -0.4 is 10.1 Å². The molecule has 0 unspecified atom stereocenters. The predicted octanol–water partition coefficient (Wildman–Crippen LogP) is 5.76. The van der Waals surface area contributed by atoms with Crippen LogP contribution in [0.3, 0.4) is 0 Å². The average Bonchev–Trinajstić information content (AvgIpc) is 3.04. The SMILES string of the molecule is COC(=O)c1c(NC(=O)COc2c(C)cccc2C)sc(C)c1-c1ccc(C)c(C)c1. The molecule has 1 heterocycles. The maximum absolute atomic E-state index is 12.6. The number of carbonyl (C=O) groups is 2. The summed E-state index contributed by atoms with van der Waals surface area (Å²) in [6, 6.07) is 11.9. The molecule has 2 aromatic carbocycles. The van der Waals surface area contributed by atoms with E-state index in [-0.39, 0.29) is 12.5 Å². The van der Waals surface area contributed by atoms with Gasteiger partial charge in [0.05, 0.1) is 7.11 Å². The molecule has 31 heavy (non-hydrogen) atoms. The van der Waals surface area contributed by atoms with E-state index < -0.39 is 5.97 Å². The highest BCUT2D eigenvalue weighted by Gasteiger charge is 2.25. The lowest BCUT2D eigenvalue weighted by molar-refractivity contribution is -0.118. The van der Waals surface area contributed by atoms with Crippen molar-refractivity contribution in [2.45, 2.75) is 34.6 Å². The van der Waals surface area contributed by atoms with E-state index in [1.165, 1.54) is 24.0 Å². The molecule has 0 aliphatic carbocycles. The van der Waals surface area contributed by atoms with Gasteiger partial charge in [0, 0.05) is 10.4 Å². The molecule has 0 radical (unpaired) electrons. The molecule has 1 N–H and O–H groups in total. The summed E-state index contributed by atoms with van der Waals surface area (Å²) in [7, 11) is 1.34. The van der Waals surface area contributed by atoms with Crippen molar-refractivity contribution in [3.8, 4) is 16.9 Å². The molecular weight excluding hydrogens is 410 g/mol. The van der Waals surface area contributed by atoms with E-state index in [0.717, 1.165) is 32.7 Å². The summed E-state index contributed by atoms with van der Waals surface area (Å²) >= 11 is 1.36. The minimum Gasteiger partial charge on any atom is -0.483 e. The summed E-state index contributed by atoms with van der Waals surface area (Å²) in [5, 5.41) is 3.31. The number of ether oxygens (including phenoxy) is 2. The zero-order valence-electron chi connectivity index (χ0n) is 18.7. The third-order valence-electron chi connectivity index (χ3n) is 5.28. The van der Waals surface area contributed by atoms with Crippen LogP contribution in [0, 0.1) is 34.6 Å². The first kappa shape index (κ1) is 22.6. The van der Waals surface area contributed by atoms with Crippen LogP contribution in [-0.4, -0.2) is 25.6 Å². The van der Waals surface area contributed by atoms with Gasteiger partial charge in [-0.25, -0.2) is 4.79 Å². The van der Waals surface area contributed by atoms with Crippen molar-refractivity contribution in [2.24, 2.45) is 0 Å². The van der Waals surface area contributed by atoms with Crippen molar-refractivity contribution in [2.75, 3.05) is 19.0 Å². The third kappa shape index (κ3) is 4.80. The minimum absolute atomic E-state index is 0.151. The van der Waals surface area contributed by atoms with Gasteiger partial charge in [0.1, 0.15) is 16.3 Å². The quantitative estimate of drug-likeness (QED) is 0.498. The standard InChI is InChI=1S/C25H27NO4S/c1-14-10-11-19(12-17(14)4)21-18(5)31-24(22(21)25(28)29-6)26-20(27)13-30-23-15(2)8-7-9-16(23)3/h7-12H,13H2,1-6H3,(H,26,27). The van der Waals surface area contributed by atoms with Gasteiger partial charge in [0.2, 0.25) is 0 Å². The summed E-state index contributed by atoms with van der Waals surface area (Å²) in [4.78, 5) is 26.2. The van der Waals surface area contributed by atoms with Gasteiger partial charge < -0.3 is 14.8 Å². The Bertz CT molecular complexity index is 1130. The fourth-order valence-corrected chi connectivity index (χ4v) is 4.58. The van der Waals surface area contributed by atoms with Gasteiger partial charge in [-0.05, 0) is 62.4 Å². The molecule has 0 spiro atoms. The van der Waals surface area contributed by atoms with E-state index in [2.05, 4.69) is 5.32 Å². The molecule has 6 heteroatoms. The molecule has 0 saturated carbocycles. The van der Waals surface area contributed by atoms with Gasteiger partial charge in [-0.2, -0.15) is 0 Å². The van der Waals surface area contributed by atoms with Crippen molar-refractivity contribution < 1.29 is 19.1 Å². The van der Waals surface area contributed by atoms with Gasteiger partial charge in [0.15, 0.2) is 6.61 Å². The largest absolute Gasteiger partial charge is 0.483 e. The maximum atomic E-state index is 12.6. The van der Waals surface area contributed by atoms with E-state index in [9.17, 15) is 9.59 Å². The first-order valence-electron chi connectivity index (χ1n) is 10.0. The topological polar surface area (TPSA) is 64.6 Å². The zero-order chi connectivity index (χ0) is 22.7. The van der Waals surface area contributed by atoms with Crippen molar-refractivity contribution in [3.63, 3.8) is 0 Å². The summed E-state index contributed by atoms with van der Waals surface area (Å²) < 4.78 is 10.8. The number of aryl methyl sites for hydroxylation is 5. The van der Waals surface area contributed by atoms with E-state index in [1.807, 2.05) is 71.0 Å². The Morgan fingerprint density at radius 1 is 0.935 bits per heavy atom. The van der Waals surface area contributed by atoms with Gasteiger partial charge in [-0.15, -0.1) is 11.3 Å². The van der Waals surface area contributed by atoms with Crippen LogP contribution in [0.1, 0.15) is 37.5 Å². The number of carbonyl (C=O) groups excluding carboxylic acids is 2. The molecule has 0 fully saturated rings. The summed E-state index contributed by atoms with van der Waals surface area (Å²) in [5.41, 5.74) is 6.31. The number of benzene rings is 2.